The standard InChI is InChI=1S/C25H30ClN5O3S/c1-24(2,3)21(32)34-15-25(4,17-8-6-9-18(26)13-17)30-23(35)29-19-10-5-7-16(20(19)27)14-31-11-12-33-22(31)28/h5-13,28H,14-15,27H2,1-4H3,(H2,29,30,35). The average molecular weight is 516 g/mol. The number of aromatic nitrogens is 1. The van der Waals surface area contributed by atoms with Gasteiger partial charge in [0, 0.05) is 11.2 Å². The van der Waals surface area contributed by atoms with Gasteiger partial charge in [0.1, 0.15) is 12.9 Å². The molecule has 0 aliphatic heterocycles. The van der Waals surface area contributed by atoms with Crippen molar-refractivity contribution in [2.45, 2.75) is 39.8 Å². The fourth-order valence-corrected chi connectivity index (χ4v) is 3.85. The van der Waals surface area contributed by atoms with E-state index in [1.165, 1.54) is 6.26 Å². The van der Waals surface area contributed by atoms with Crippen molar-refractivity contribution < 1.29 is 13.9 Å². The molecule has 5 N–H and O–H groups in total. The van der Waals surface area contributed by atoms with Gasteiger partial charge in [0.05, 0.1) is 28.9 Å². The highest BCUT2D eigenvalue weighted by atomic mass is 35.5. The van der Waals surface area contributed by atoms with E-state index < -0.39 is 11.0 Å². The smallest absolute Gasteiger partial charge is 0.311 e. The van der Waals surface area contributed by atoms with Crippen molar-refractivity contribution in [1.29, 1.82) is 5.41 Å². The zero-order valence-electron chi connectivity index (χ0n) is 20.1. The minimum atomic E-state index is -0.866. The molecule has 186 valence electrons. The lowest BCUT2D eigenvalue weighted by Gasteiger charge is -2.33. The van der Waals surface area contributed by atoms with Crippen molar-refractivity contribution in [3.05, 3.63) is 76.8 Å². The Morgan fingerprint density at radius 1 is 1.23 bits per heavy atom. The van der Waals surface area contributed by atoms with E-state index in [1.807, 2.05) is 37.3 Å². The Kier molecular flexibility index (Phi) is 7.92. The van der Waals surface area contributed by atoms with Gasteiger partial charge in [-0.2, -0.15) is 0 Å². The van der Waals surface area contributed by atoms with Crippen LogP contribution >= 0.6 is 23.8 Å². The summed E-state index contributed by atoms with van der Waals surface area (Å²) in [4.78, 5) is 12.5. The Morgan fingerprint density at radius 2 is 1.94 bits per heavy atom. The summed E-state index contributed by atoms with van der Waals surface area (Å²) in [7, 11) is 0. The number of hydrogen-bond acceptors (Lipinski definition) is 6. The molecule has 0 saturated carbocycles. The van der Waals surface area contributed by atoms with Crippen LogP contribution in [0.1, 0.15) is 38.8 Å². The number of nitrogen functional groups attached to an aromatic ring is 1. The molecule has 10 heteroatoms. The average Bonchev–Trinajstić information content (AvgIpc) is 3.18. The number of thiocarbonyl (C=S) groups is 1. The second kappa shape index (κ2) is 10.5. The number of rotatable bonds is 7. The normalized spacial score (nSPS) is 13.1. The van der Waals surface area contributed by atoms with E-state index in [0.717, 1.165) is 11.1 Å². The Balaban J connectivity index is 1.81. The summed E-state index contributed by atoms with van der Waals surface area (Å²) in [6.07, 6.45) is 3.12. The largest absolute Gasteiger partial charge is 0.462 e. The van der Waals surface area contributed by atoms with Crippen LogP contribution < -0.4 is 22.1 Å². The fraction of sp³-hybridized carbons (Fsp3) is 0.320. The molecule has 0 radical (unpaired) electrons. The molecule has 0 spiro atoms. The lowest BCUT2D eigenvalue weighted by atomic mass is 9.92. The lowest BCUT2D eigenvalue weighted by Crippen LogP contribution is -2.49. The molecule has 3 aromatic rings. The number of benzene rings is 2. The molecule has 0 bridgehead atoms. The second-order valence-corrected chi connectivity index (χ2v) is 10.3. The van der Waals surface area contributed by atoms with Gasteiger partial charge >= 0.3 is 5.97 Å². The number of esters is 1. The quantitative estimate of drug-likeness (QED) is 0.206. The molecule has 8 nitrogen and oxygen atoms in total. The first-order valence-electron chi connectivity index (χ1n) is 11.0. The van der Waals surface area contributed by atoms with Gasteiger partial charge in [-0.3, -0.25) is 14.8 Å². The number of carbonyl (C=O) groups is 1. The molecular formula is C25H30ClN5O3S. The maximum absolute atomic E-state index is 12.5. The van der Waals surface area contributed by atoms with Crippen molar-refractivity contribution in [2.75, 3.05) is 17.7 Å². The molecule has 1 aromatic heterocycles. The number of ether oxygens (including phenoxy) is 1. The van der Waals surface area contributed by atoms with Gasteiger partial charge in [-0.05, 0) is 69.2 Å². The van der Waals surface area contributed by atoms with Crippen molar-refractivity contribution in [1.82, 2.24) is 9.88 Å². The predicted molar refractivity (Wildman–Crippen MR) is 141 cm³/mol. The first-order chi connectivity index (χ1) is 16.4. The number of nitrogens with one attached hydrogen (secondary N) is 3. The monoisotopic (exact) mass is 515 g/mol. The van der Waals surface area contributed by atoms with E-state index in [4.69, 9.17) is 44.1 Å². The molecule has 0 saturated heterocycles. The highest BCUT2D eigenvalue weighted by Gasteiger charge is 2.32. The van der Waals surface area contributed by atoms with Crippen LogP contribution in [0.2, 0.25) is 5.02 Å². The Bertz CT molecular complexity index is 1280. The highest BCUT2D eigenvalue weighted by Crippen LogP contribution is 2.27. The Hall–Kier alpha value is -3.30. The summed E-state index contributed by atoms with van der Waals surface area (Å²) in [6.45, 7) is 7.69. The van der Waals surface area contributed by atoms with Crippen LogP contribution in [0.15, 0.2) is 59.3 Å². The number of oxazole rings is 1. The van der Waals surface area contributed by atoms with Gasteiger partial charge in [-0.25, -0.2) is 0 Å². The van der Waals surface area contributed by atoms with Gasteiger partial charge in [-0.1, -0.05) is 35.9 Å². The van der Waals surface area contributed by atoms with Gasteiger partial charge in [0.15, 0.2) is 5.11 Å². The summed E-state index contributed by atoms with van der Waals surface area (Å²) < 4.78 is 12.3. The van der Waals surface area contributed by atoms with Crippen LogP contribution in [0, 0.1) is 10.8 Å². The number of nitrogens with two attached hydrogens (primary N) is 1. The molecule has 0 aliphatic carbocycles. The van der Waals surface area contributed by atoms with Gasteiger partial charge < -0.3 is 25.5 Å². The van der Waals surface area contributed by atoms with E-state index in [1.54, 1.807) is 43.7 Å². The summed E-state index contributed by atoms with van der Waals surface area (Å²) in [6, 6.07) is 12.8. The highest BCUT2D eigenvalue weighted by molar-refractivity contribution is 7.80. The van der Waals surface area contributed by atoms with Crippen LogP contribution in [-0.4, -0.2) is 22.3 Å². The van der Waals surface area contributed by atoms with Crippen LogP contribution in [-0.2, 0) is 21.6 Å². The summed E-state index contributed by atoms with van der Waals surface area (Å²) in [5.41, 5.74) is 7.62. The number of hydrogen-bond donors (Lipinski definition) is 4. The van der Waals surface area contributed by atoms with Crippen LogP contribution in [0.5, 0.6) is 0 Å². The number of anilines is 2. The maximum atomic E-state index is 12.5. The third-order valence-corrected chi connectivity index (χ3v) is 5.86. The molecule has 1 unspecified atom stereocenters. The van der Waals surface area contributed by atoms with Crippen LogP contribution in [0.4, 0.5) is 11.4 Å². The number of halogens is 1. The molecular weight excluding hydrogens is 486 g/mol. The molecule has 2 aromatic carbocycles. The van der Waals surface area contributed by atoms with Crippen molar-refractivity contribution >= 4 is 46.3 Å². The lowest BCUT2D eigenvalue weighted by molar-refractivity contribution is -0.155. The number of para-hydroxylation sites is 1. The van der Waals surface area contributed by atoms with Crippen molar-refractivity contribution in [2.24, 2.45) is 5.41 Å². The van der Waals surface area contributed by atoms with E-state index >= 15 is 0 Å². The first-order valence-corrected chi connectivity index (χ1v) is 11.8. The zero-order valence-corrected chi connectivity index (χ0v) is 21.7. The summed E-state index contributed by atoms with van der Waals surface area (Å²) >= 11 is 11.8. The molecule has 3 rings (SSSR count). The fourth-order valence-electron chi connectivity index (χ4n) is 3.33. The summed E-state index contributed by atoms with van der Waals surface area (Å²) in [5, 5.41) is 15.1. The van der Waals surface area contributed by atoms with E-state index in [0.29, 0.717) is 28.1 Å². The van der Waals surface area contributed by atoms with E-state index in [2.05, 4.69) is 10.6 Å². The van der Waals surface area contributed by atoms with Gasteiger partial charge in [0.25, 0.3) is 5.68 Å². The van der Waals surface area contributed by atoms with Gasteiger partial charge in [0.2, 0.25) is 0 Å². The Morgan fingerprint density at radius 3 is 2.57 bits per heavy atom. The van der Waals surface area contributed by atoms with Crippen molar-refractivity contribution in [3.8, 4) is 0 Å². The van der Waals surface area contributed by atoms with E-state index in [9.17, 15) is 4.79 Å². The zero-order chi connectivity index (χ0) is 25.8. The molecule has 35 heavy (non-hydrogen) atoms. The minimum Gasteiger partial charge on any atom is -0.462 e. The Labute approximate surface area is 214 Å². The van der Waals surface area contributed by atoms with Gasteiger partial charge in [-0.15, -0.1) is 0 Å². The molecule has 1 atom stereocenters. The van der Waals surface area contributed by atoms with Crippen LogP contribution in [0.25, 0.3) is 0 Å². The third kappa shape index (κ3) is 6.64. The predicted octanol–water partition coefficient (Wildman–Crippen LogP) is 4.64. The molecule has 0 amide bonds. The molecule has 0 aliphatic rings. The topological polar surface area (TPSA) is 118 Å². The maximum Gasteiger partial charge on any atom is 0.311 e. The second-order valence-electron chi connectivity index (χ2n) is 9.46. The minimum absolute atomic E-state index is 0.0297. The van der Waals surface area contributed by atoms with Crippen LogP contribution in [0.3, 0.4) is 0 Å². The first kappa shape index (κ1) is 26.3. The number of carbonyl (C=O) groups excluding carboxylic acids is 1. The number of nitrogens with zero attached hydrogens (tertiary/aromatic N) is 1. The SMILES string of the molecule is CC(C)(C)C(=O)OCC(C)(NC(=S)Nc1cccc(Cn2ccoc2=N)c1N)c1cccc(Cl)c1. The van der Waals surface area contributed by atoms with E-state index in [-0.39, 0.29) is 18.3 Å². The summed E-state index contributed by atoms with van der Waals surface area (Å²) in [5.74, 6) is -0.325. The molecule has 0 fully saturated rings. The van der Waals surface area contributed by atoms with Crippen molar-refractivity contribution in [3.63, 3.8) is 0 Å². The molecule has 1 heterocycles. The third-order valence-electron chi connectivity index (χ3n) is 5.42.